The van der Waals surface area contributed by atoms with Gasteiger partial charge in [0.2, 0.25) is 4.34 Å². The van der Waals surface area contributed by atoms with E-state index in [9.17, 15) is 27.5 Å². The maximum Gasteiger partial charge on any atom is 0.265 e. The van der Waals surface area contributed by atoms with Crippen LogP contribution in [0.25, 0.3) is 10.2 Å². The second kappa shape index (κ2) is 12.6. The summed E-state index contributed by atoms with van der Waals surface area (Å²) in [6, 6.07) is 9.70. The minimum atomic E-state index is -3.92. The lowest BCUT2D eigenvalue weighted by atomic mass is 10.1. The lowest BCUT2D eigenvalue weighted by Crippen LogP contribution is -2.40. The zero-order chi connectivity index (χ0) is 30.7. The van der Waals surface area contributed by atoms with E-state index in [2.05, 4.69) is 22.2 Å². The number of ether oxygens (including phenoxy) is 3. The lowest BCUT2D eigenvalue weighted by Gasteiger charge is -2.20. The van der Waals surface area contributed by atoms with E-state index in [0.717, 1.165) is 16.9 Å². The average molecular weight is 634 g/mol. The molecule has 0 aliphatic carbocycles. The number of thiazole rings is 1. The number of nitrogens with one attached hydrogen (secondary N) is 2. The summed E-state index contributed by atoms with van der Waals surface area (Å²) >= 11 is 0.931. The van der Waals surface area contributed by atoms with Crippen LogP contribution in [-0.2, 0) is 31.0 Å². The van der Waals surface area contributed by atoms with Crippen LogP contribution in [0.4, 0.5) is 4.39 Å². The number of hydrogen-bond donors (Lipinski definition) is 4. The number of aliphatic hydroxyl groups is 1. The first-order chi connectivity index (χ1) is 20.5. The van der Waals surface area contributed by atoms with Crippen molar-refractivity contribution >= 4 is 43.3 Å². The summed E-state index contributed by atoms with van der Waals surface area (Å²) in [6.07, 6.45) is 0.394. The van der Waals surface area contributed by atoms with E-state index >= 15 is 0 Å². The Bertz CT molecular complexity index is 1680. The van der Waals surface area contributed by atoms with Crippen molar-refractivity contribution in [3.8, 4) is 11.5 Å². The molecule has 1 fully saturated rings. The fraction of sp³-hybridized carbons (Fsp3) is 0.296. The molecular formula is C27H28FN5O8S2. The summed E-state index contributed by atoms with van der Waals surface area (Å²) in [6.45, 7) is 3.05. The van der Waals surface area contributed by atoms with E-state index in [1.54, 1.807) is 48.7 Å². The Hall–Kier alpha value is -4.09. The third kappa shape index (κ3) is 7.11. The van der Waals surface area contributed by atoms with Gasteiger partial charge in [0.05, 0.1) is 29.1 Å². The van der Waals surface area contributed by atoms with Crippen molar-refractivity contribution < 1.29 is 41.7 Å². The molecule has 0 spiro atoms. The van der Waals surface area contributed by atoms with Crippen molar-refractivity contribution in [2.75, 3.05) is 26.5 Å². The SMILES string of the molecule is C=C1NC(COc2ccc3nc(S(N)(=O)=O)sc3c2)=CN1C1C(=O)NC(COCc2ccc(OCC(O)CF)cc2)C1=O. The molecule has 1 saturated heterocycles. The predicted octanol–water partition coefficient (Wildman–Crippen LogP) is 0.902. The molecular weight excluding hydrogens is 605 g/mol. The van der Waals surface area contributed by atoms with E-state index in [1.807, 2.05) is 0 Å². The minimum absolute atomic E-state index is 0.0390. The van der Waals surface area contributed by atoms with Gasteiger partial charge in [-0.25, -0.2) is 22.9 Å². The van der Waals surface area contributed by atoms with E-state index in [1.165, 1.54) is 4.90 Å². The number of benzene rings is 2. The number of nitrogens with zero attached hydrogens (tertiary/aromatic N) is 2. The summed E-state index contributed by atoms with van der Waals surface area (Å²) < 4.78 is 52.7. The van der Waals surface area contributed by atoms with Crippen LogP contribution < -0.4 is 25.2 Å². The normalized spacial score (nSPS) is 19.4. The number of halogens is 1. The summed E-state index contributed by atoms with van der Waals surface area (Å²) in [5.41, 5.74) is 1.81. The number of hydrogen-bond acceptors (Lipinski definition) is 12. The van der Waals surface area contributed by atoms with E-state index in [-0.39, 0.29) is 36.6 Å². The molecule has 43 heavy (non-hydrogen) atoms. The molecule has 16 heteroatoms. The monoisotopic (exact) mass is 633 g/mol. The Labute approximate surface area is 249 Å². The van der Waals surface area contributed by atoms with Gasteiger partial charge in [-0.15, -0.1) is 11.3 Å². The summed E-state index contributed by atoms with van der Waals surface area (Å²) in [5.74, 6) is 0.384. The second-order valence-electron chi connectivity index (χ2n) is 9.72. The first-order valence-electron chi connectivity index (χ1n) is 12.9. The summed E-state index contributed by atoms with van der Waals surface area (Å²) in [7, 11) is -3.92. The number of aromatic nitrogens is 1. The first-order valence-corrected chi connectivity index (χ1v) is 15.3. The Balaban J connectivity index is 1.13. The number of carbonyl (C=O) groups is 2. The number of sulfonamides is 1. The van der Waals surface area contributed by atoms with Crippen molar-refractivity contribution in [3.05, 3.63) is 72.3 Å². The largest absolute Gasteiger partial charge is 0.491 e. The van der Waals surface area contributed by atoms with Crippen LogP contribution in [0.3, 0.4) is 0 Å². The Morgan fingerprint density at radius 2 is 1.88 bits per heavy atom. The molecule has 3 aromatic rings. The van der Waals surface area contributed by atoms with Gasteiger partial charge < -0.3 is 34.9 Å². The number of amides is 1. The molecule has 5 rings (SSSR count). The van der Waals surface area contributed by atoms with Crippen molar-refractivity contribution in [2.24, 2.45) is 5.14 Å². The highest BCUT2D eigenvalue weighted by molar-refractivity contribution is 7.91. The number of alkyl halides is 1. The zero-order valence-corrected chi connectivity index (χ0v) is 24.2. The second-order valence-corrected chi connectivity index (χ2v) is 12.5. The van der Waals surface area contributed by atoms with Crippen LogP contribution in [0.1, 0.15) is 5.56 Å². The van der Waals surface area contributed by atoms with Gasteiger partial charge in [-0.3, -0.25) is 9.59 Å². The molecule has 2 aromatic carbocycles. The summed E-state index contributed by atoms with van der Waals surface area (Å²) in [4.78, 5) is 31.3. The molecule has 3 heterocycles. The smallest absolute Gasteiger partial charge is 0.265 e. The minimum Gasteiger partial charge on any atom is -0.491 e. The molecule has 13 nitrogen and oxygen atoms in total. The van der Waals surface area contributed by atoms with Crippen LogP contribution in [0.5, 0.6) is 11.5 Å². The molecule has 2 aliphatic rings. The molecule has 0 radical (unpaired) electrons. The maximum atomic E-state index is 13.1. The van der Waals surface area contributed by atoms with Gasteiger partial charge in [-0.05, 0) is 35.9 Å². The number of aliphatic hydroxyl groups excluding tert-OH is 1. The topological polar surface area (TPSA) is 182 Å². The molecule has 0 saturated carbocycles. The van der Waals surface area contributed by atoms with Crippen LogP contribution >= 0.6 is 11.3 Å². The van der Waals surface area contributed by atoms with Crippen LogP contribution in [0.15, 0.2) is 71.1 Å². The Kier molecular flexibility index (Phi) is 8.93. The fourth-order valence-corrected chi connectivity index (χ4v) is 6.02. The molecule has 1 aromatic heterocycles. The van der Waals surface area contributed by atoms with Gasteiger partial charge in [-0.1, -0.05) is 18.7 Å². The quantitative estimate of drug-likeness (QED) is 0.196. The molecule has 0 bridgehead atoms. The number of primary sulfonamides is 1. The average Bonchev–Trinajstić information content (AvgIpc) is 3.65. The molecule has 3 atom stereocenters. The standard InChI is InChI=1S/C27H28FN5O8S2/c1-15-30-17(12-40-20-6-7-21-23(8-20)42-27(32-21)43(29,37)38)10-33(15)24-25(35)22(31-26(24)36)14-39-11-16-2-4-19(5-3-16)41-13-18(34)9-28/h2-8,10,18,22,24,30,34H,1,9,11-14H2,(H,31,36)(H2,29,37,38). The van der Waals surface area contributed by atoms with Crippen molar-refractivity contribution in [2.45, 2.75) is 29.1 Å². The zero-order valence-electron chi connectivity index (χ0n) is 22.6. The number of carbonyl (C=O) groups excluding carboxylic acids is 2. The number of rotatable bonds is 13. The maximum absolute atomic E-state index is 13.1. The van der Waals surface area contributed by atoms with Crippen LogP contribution in [0.2, 0.25) is 0 Å². The Morgan fingerprint density at radius 1 is 1.14 bits per heavy atom. The van der Waals surface area contributed by atoms with E-state index < -0.39 is 40.8 Å². The molecule has 2 aliphatic heterocycles. The van der Waals surface area contributed by atoms with Crippen molar-refractivity contribution in [1.29, 1.82) is 0 Å². The van der Waals surface area contributed by atoms with Crippen LogP contribution in [0, 0.1) is 0 Å². The third-order valence-corrected chi connectivity index (χ3v) is 8.78. The number of fused-ring (bicyclic) bond motifs is 1. The van der Waals surface area contributed by atoms with Gasteiger partial charge in [0, 0.05) is 6.20 Å². The molecule has 5 N–H and O–H groups in total. The number of nitrogens with two attached hydrogens (primary N) is 1. The van der Waals surface area contributed by atoms with Gasteiger partial charge in [0.1, 0.15) is 49.4 Å². The molecule has 1 amide bonds. The van der Waals surface area contributed by atoms with Gasteiger partial charge in [0.15, 0.2) is 11.8 Å². The first kappa shape index (κ1) is 30.4. The van der Waals surface area contributed by atoms with E-state index in [4.69, 9.17) is 19.3 Å². The third-order valence-electron chi connectivity index (χ3n) is 6.44. The van der Waals surface area contributed by atoms with Gasteiger partial charge >= 0.3 is 0 Å². The number of Topliss-reactive ketones (excluding diaryl/α,β-unsaturated/α-hetero) is 1. The summed E-state index contributed by atoms with van der Waals surface area (Å²) in [5, 5.41) is 20.1. The molecule has 3 unspecified atom stereocenters. The van der Waals surface area contributed by atoms with Crippen LogP contribution in [-0.4, -0.2) is 79.8 Å². The molecule has 228 valence electrons. The van der Waals surface area contributed by atoms with Gasteiger partial charge in [-0.2, -0.15) is 0 Å². The Morgan fingerprint density at radius 3 is 2.60 bits per heavy atom. The lowest BCUT2D eigenvalue weighted by molar-refractivity contribution is -0.128. The number of ketones is 1. The van der Waals surface area contributed by atoms with Crippen molar-refractivity contribution in [3.63, 3.8) is 0 Å². The highest BCUT2D eigenvalue weighted by Gasteiger charge is 2.45. The fourth-order valence-electron chi connectivity index (χ4n) is 4.33. The predicted molar refractivity (Wildman–Crippen MR) is 153 cm³/mol. The van der Waals surface area contributed by atoms with E-state index in [0.29, 0.717) is 33.2 Å². The van der Waals surface area contributed by atoms with Crippen molar-refractivity contribution in [1.82, 2.24) is 20.5 Å². The van der Waals surface area contributed by atoms with Gasteiger partial charge in [0.25, 0.3) is 15.9 Å². The highest BCUT2D eigenvalue weighted by Crippen LogP contribution is 2.29. The highest BCUT2D eigenvalue weighted by atomic mass is 32.2.